The van der Waals surface area contributed by atoms with Gasteiger partial charge in [0.15, 0.2) is 6.61 Å². The molecule has 1 heterocycles. The van der Waals surface area contributed by atoms with Crippen LogP contribution in [-0.4, -0.2) is 25.0 Å². The molecule has 4 rings (SSSR count). The molecule has 3 aromatic carbocycles. The summed E-state index contributed by atoms with van der Waals surface area (Å²) >= 11 is 0. The van der Waals surface area contributed by atoms with Gasteiger partial charge >= 0.3 is 0 Å². The van der Waals surface area contributed by atoms with Crippen molar-refractivity contribution in [1.29, 1.82) is 0 Å². The maximum atomic E-state index is 12.7. The van der Waals surface area contributed by atoms with E-state index < -0.39 is 0 Å². The summed E-state index contributed by atoms with van der Waals surface area (Å²) in [6.07, 6.45) is 1.73. The number of anilines is 2. The number of carbonyl (C=O) groups excluding carboxylic acids is 2. The Balaban J connectivity index is 1.49. The average Bonchev–Trinajstić information content (AvgIpc) is 2.78. The maximum absolute atomic E-state index is 12.7. The molecule has 5 heteroatoms. The number of hydrogen-bond donors (Lipinski definition) is 1. The minimum Gasteiger partial charge on any atom is -0.482 e. The van der Waals surface area contributed by atoms with Gasteiger partial charge in [0, 0.05) is 17.8 Å². The van der Waals surface area contributed by atoms with E-state index in [1.807, 2.05) is 62.4 Å². The molecule has 0 spiro atoms. The number of nitrogens with one attached hydrogen (secondary N) is 1. The summed E-state index contributed by atoms with van der Waals surface area (Å²) in [6.45, 7) is 4.64. The van der Waals surface area contributed by atoms with Crippen LogP contribution in [0.5, 0.6) is 5.75 Å². The van der Waals surface area contributed by atoms with Crippen molar-refractivity contribution >= 4 is 23.2 Å². The molecule has 0 atom stereocenters. The first-order valence-electron chi connectivity index (χ1n) is 10.5. The summed E-state index contributed by atoms with van der Waals surface area (Å²) in [5.41, 5.74) is 5.40. The van der Waals surface area contributed by atoms with Gasteiger partial charge < -0.3 is 15.0 Å². The number of benzene rings is 3. The van der Waals surface area contributed by atoms with E-state index in [-0.39, 0.29) is 18.4 Å². The molecular weight excluding hydrogens is 388 g/mol. The summed E-state index contributed by atoms with van der Waals surface area (Å²) in [7, 11) is 0. The van der Waals surface area contributed by atoms with E-state index in [9.17, 15) is 9.59 Å². The van der Waals surface area contributed by atoms with E-state index in [1.165, 1.54) is 5.56 Å². The van der Waals surface area contributed by atoms with Gasteiger partial charge in [-0.1, -0.05) is 36.4 Å². The molecule has 1 N–H and O–H groups in total. The molecule has 0 aromatic heterocycles. The van der Waals surface area contributed by atoms with Gasteiger partial charge in [-0.25, -0.2) is 0 Å². The normalized spacial score (nSPS) is 12.8. The SMILES string of the molecule is Cc1ccc(C(=O)Nc2ccc3c(c2)N(CCCc2ccccc2)C(=O)CO3)cc1C. The molecular formula is C26H26N2O3. The van der Waals surface area contributed by atoms with Crippen LogP contribution in [0.4, 0.5) is 11.4 Å². The molecule has 0 unspecified atom stereocenters. The minimum atomic E-state index is -0.179. The first-order chi connectivity index (χ1) is 15.0. The fourth-order valence-electron chi connectivity index (χ4n) is 3.70. The van der Waals surface area contributed by atoms with Crippen molar-refractivity contribution < 1.29 is 14.3 Å². The zero-order valence-electron chi connectivity index (χ0n) is 17.9. The van der Waals surface area contributed by atoms with Gasteiger partial charge in [-0.3, -0.25) is 9.59 Å². The van der Waals surface area contributed by atoms with Crippen molar-refractivity contribution in [2.75, 3.05) is 23.4 Å². The van der Waals surface area contributed by atoms with Crippen molar-refractivity contribution in [3.63, 3.8) is 0 Å². The molecule has 5 nitrogen and oxygen atoms in total. The molecule has 0 bridgehead atoms. The van der Waals surface area contributed by atoms with Crippen molar-refractivity contribution in [2.24, 2.45) is 0 Å². The zero-order chi connectivity index (χ0) is 21.8. The van der Waals surface area contributed by atoms with Crippen LogP contribution in [0.3, 0.4) is 0 Å². The largest absolute Gasteiger partial charge is 0.482 e. The van der Waals surface area contributed by atoms with E-state index in [0.717, 1.165) is 24.0 Å². The van der Waals surface area contributed by atoms with Crippen LogP contribution < -0.4 is 15.0 Å². The standard InChI is InChI=1S/C26H26N2O3/c1-18-10-11-21(15-19(18)2)26(30)27-22-12-13-24-23(16-22)28(25(29)17-31-24)14-6-9-20-7-4-3-5-8-20/h3-5,7-8,10-13,15-16H,6,9,14,17H2,1-2H3,(H,27,30). The Labute approximate surface area is 182 Å². The highest BCUT2D eigenvalue weighted by Gasteiger charge is 2.25. The van der Waals surface area contributed by atoms with E-state index in [1.54, 1.807) is 11.0 Å². The molecule has 3 aromatic rings. The zero-order valence-corrected chi connectivity index (χ0v) is 17.9. The number of ether oxygens (including phenoxy) is 1. The second kappa shape index (κ2) is 9.04. The van der Waals surface area contributed by atoms with Crippen LogP contribution in [-0.2, 0) is 11.2 Å². The fourth-order valence-corrected chi connectivity index (χ4v) is 3.70. The van der Waals surface area contributed by atoms with Crippen LogP contribution in [0, 0.1) is 13.8 Å². The Hall–Kier alpha value is -3.60. The second-order valence-electron chi connectivity index (χ2n) is 7.86. The molecule has 0 radical (unpaired) electrons. The third-order valence-corrected chi connectivity index (χ3v) is 5.62. The molecule has 2 amide bonds. The van der Waals surface area contributed by atoms with Crippen LogP contribution in [0.15, 0.2) is 66.7 Å². The lowest BCUT2D eigenvalue weighted by Crippen LogP contribution is -2.39. The quantitative estimate of drug-likeness (QED) is 0.623. The summed E-state index contributed by atoms with van der Waals surface area (Å²) < 4.78 is 5.60. The lowest BCUT2D eigenvalue weighted by molar-refractivity contribution is -0.121. The number of rotatable bonds is 6. The Bertz CT molecular complexity index is 1110. The predicted octanol–water partition coefficient (Wildman–Crippen LogP) is 4.91. The molecule has 31 heavy (non-hydrogen) atoms. The van der Waals surface area contributed by atoms with Crippen LogP contribution in [0.25, 0.3) is 0 Å². The van der Waals surface area contributed by atoms with Crippen LogP contribution in [0.1, 0.15) is 33.5 Å². The average molecular weight is 415 g/mol. The first kappa shape index (κ1) is 20.7. The minimum absolute atomic E-state index is 0.0344. The third-order valence-electron chi connectivity index (χ3n) is 5.62. The predicted molar refractivity (Wildman–Crippen MR) is 123 cm³/mol. The van der Waals surface area contributed by atoms with Crippen LogP contribution >= 0.6 is 0 Å². The molecule has 0 aliphatic carbocycles. The number of amides is 2. The number of nitrogens with zero attached hydrogens (tertiary/aromatic N) is 1. The molecule has 0 saturated heterocycles. The van der Waals surface area contributed by atoms with Crippen molar-refractivity contribution in [3.05, 3.63) is 89.0 Å². The number of carbonyl (C=O) groups is 2. The summed E-state index contributed by atoms with van der Waals surface area (Å²) in [4.78, 5) is 27.0. The highest BCUT2D eigenvalue weighted by molar-refractivity contribution is 6.05. The molecule has 0 fully saturated rings. The Morgan fingerprint density at radius 1 is 1.00 bits per heavy atom. The first-order valence-corrected chi connectivity index (χ1v) is 10.5. The molecule has 1 aliphatic rings. The lowest BCUT2D eigenvalue weighted by atomic mass is 10.1. The monoisotopic (exact) mass is 414 g/mol. The molecule has 158 valence electrons. The Morgan fingerprint density at radius 3 is 2.58 bits per heavy atom. The van der Waals surface area contributed by atoms with Crippen molar-refractivity contribution in [1.82, 2.24) is 0 Å². The van der Waals surface area contributed by atoms with Gasteiger partial charge in [0.1, 0.15) is 5.75 Å². The van der Waals surface area contributed by atoms with Crippen LogP contribution in [0.2, 0.25) is 0 Å². The van der Waals surface area contributed by atoms with Crippen molar-refractivity contribution in [2.45, 2.75) is 26.7 Å². The Kier molecular flexibility index (Phi) is 6.03. The fraction of sp³-hybridized carbons (Fsp3) is 0.231. The smallest absolute Gasteiger partial charge is 0.265 e. The highest BCUT2D eigenvalue weighted by atomic mass is 16.5. The maximum Gasteiger partial charge on any atom is 0.265 e. The van der Waals surface area contributed by atoms with E-state index >= 15 is 0 Å². The molecule has 0 saturated carbocycles. The van der Waals surface area contributed by atoms with Crippen molar-refractivity contribution in [3.8, 4) is 5.75 Å². The number of hydrogen-bond acceptors (Lipinski definition) is 3. The van der Waals surface area contributed by atoms with E-state index in [2.05, 4.69) is 17.4 Å². The number of aryl methyl sites for hydroxylation is 3. The third kappa shape index (κ3) is 4.77. The lowest BCUT2D eigenvalue weighted by Gasteiger charge is -2.30. The van der Waals surface area contributed by atoms with Gasteiger partial charge in [0.05, 0.1) is 5.69 Å². The van der Waals surface area contributed by atoms with Gasteiger partial charge in [-0.15, -0.1) is 0 Å². The van der Waals surface area contributed by atoms with Gasteiger partial charge in [-0.05, 0) is 73.7 Å². The number of fused-ring (bicyclic) bond motifs is 1. The van der Waals surface area contributed by atoms with E-state index in [0.29, 0.717) is 29.2 Å². The van der Waals surface area contributed by atoms with Gasteiger partial charge in [-0.2, -0.15) is 0 Å². The summed E-state index contributed by atoms with van der Waals surface area (Å²) in [5, 5.41) is 2.94. The van der Waals surface area contributed by atoms with Gasteiger partial charge in [0.25, 0.3) is 11.8 Å². The topological polar surface area (TPSA) is 58.6 Å². The second-order valence-corrected chi connectivity index (χ2v) is 7.86. The summed E-state index contributed by atoms with van der Waals surface area (Å²) in [6, 6.07) is 21.3. The highest BCUT2D eigenvalue weighted by Crippen LogP contribution is 2.35. The van der Waals surface area contributed by atoms with Gasteiger partial charge in [0.2, 0.25) is 0 Å². The summed E-state index contributed by atoms with van der Waals surface area (Å²) in [5.74, 6) is 0.406. The van der Waals surface area contributed by atoms with E-state index in [4.69, 9.17) is 4.74 Å². The Morgan fingerprint density at radius 2 is 1.81 bits per heavy atom. The molecule has 1 aliphatic heterocycles.